The fourth-order valence-corrected chi connectivity index (χ4v) is 7.18. The van der Waals surface area contributed by atoms with Crippen LogP contribution in [-0.4, -0.2) is 87.0 Å². The molecule has 0 aliphatic carbocycles. The molecule has 0 saturated carbocycles. The molecule has 4 unspecified atom stereocenters. The monoisotopic (exact) mass is 772 g/mol. The normalized spacial score (nSPS) is 23.8. The Labute approximate surface area is 312 Å². The Balaban J connectivity index is 1.53. The van der Waals surface area contributed by atoms with Crippen molar-refractivity contribution >= 4 is 16.6 Å². The molecular formula is C37H56N4O10Si2. The minimum Gasteiger partial charge on any atom is -0.414 e. The quantitative estimate of drug-likeness (QED) is 0.182. The third-order valence-electron chi connectivity index (χ3n) is 10.5. The molecule has 6 atom stereocenters. The summed E-state index contributed by atoms with van der Waals surface area (Å²) in [4.78, 5) is 55.0. The van der Waals surface area contributed by atoms with Crippen LogP contribution in [0.15, 0.2) is 61.9 Å². The summed E-state index contributed by atoms with van der Waals surface area (Å²) in [6, 6.07) is 0.127. The molecular weight excluding hydrogens is 717 g/mol. The summed E-state index contributed by atoms with van der Waals surface area (Å²) in [6.45, 7) is 24.0. The fraction of sp³-hybridized carbons (Fsp3) is 0.622. The Morgan fingerprint density at radius 3 is 1.77 bits per heavy atom. The highest BCUT2D eigenvalue weighted by atomic mass is 28.4. The summed E-state index contributed by atoms with van der Waals surface area (Å²) in [5.74, 6) is 5.69. The molecule has 2 aliphatic rings. The zero-order valence-electron chi connectivity index (χ0n) is 32.8. The van der Waals surface area contributed by atoms with Gasteiger partial charge in [0.25, 0.3) is 11.1 Å². The lowest BCUT2D eigenvalue weighted by Crippen LogP contribution is -2.47. The third kappa shape index (κ3) is 10.6. The zero-order valence-corrected chi connectivity index (χ0v) is 34.8. The van der Waals surface area contributed by atoms with Gasteiger partial charge in [0, 0.05) is 25.1 Å². The van der Waals surface area contributed by atoms with Gasteiger partial charge in [-0.05, 0) is 55.3 Å². The second-order valence-electron chi connectivity index (χ2n) is 16.3. The number of ether oxygens (including phenoxy) is 4. The molecule has 0 fully saturated rings. The summed E-state index contributed by atoms with van der Waals surface area (Å²) in [7, 11) is -4.34. The Bertz CT molecular complexity index is 1940. The van der Waals surface area contributed by atoms with E-state index in [1.54, 1.807) is 18.2 Å². The van der Waals surface area contributed by atoms with E-state index in [4.69, 9.17) is 27.8 Å². The van der Waals surface area contributed by atoms with Crippen molar-refractivity contribution < 1.29 is 27.8 Å². The first kappa shape index (κ1) is 42.3. The number of rotatable bonds is 12. The van der Waals surface area contributed by atoms with Crippen LogP contribution >= 0.6 is 0 Å². The molecule has 16 heteroatoms. The van der Waals surface area contributed by atoms with Crippen LogP contribution in [0.4, 0.5) is 0 Å². The number of hydrogen-bond acceptors (Lipinski definition) is 10. The minimum absolute atomic E-state index is 0.0334. The molecule has 2 N–H and O–H groups in total. The van der Waals surface area contributed by atoms with Crippen molar-refractivity contribution in [1.29, 1.82) is 0 Å². The minimum atomic E-state index is -2.19. The fourth-order valence-electron chi connectivity index (χ4n) is 5.15. The molecule has 14 nitrogen and oxygen atoms in total. The molecule has 4 heterocycles. The van der Waals surface area contributed by atoms with E-state index < -0.39 is 76.0 Å². The number of nitrogens with one attached hydrogen (secondary N) is 2. The second kappa shape index (κ2) is 16.9. The molecule has 2 aromatic rings. The van der Waals surface area contributed by atoms with Gasteiger partial charge in [-0.25, -0.2) is 9.59 Å². The number of nitrogens with zero attached hydrogens (tertiary/aromatic N) is 2. The molecule has 292 valence electrons. The smallest absolute Gasteiger partial charge is 0.329 e. The molecule has 0 saturated heterocycles. The van der Waals surface area contributed by atoms with Crippen LogP contribution in [0.2, 0.25) is 36.3 Å². The van der Waals surface area contributed by atoms with Gasteiger partial charge in [-0.1, -0.05) is 65.5 Å². The Morgan fingerprint density at radius 1 is 0.755 bits per heavy atom. The van der Waals surface area contributed by atoms with Crippen molar-refractivity contribution in [2.75, 3.05) is 26.4 Å². The van der Waals surface area contributed by atoms with E-state index in [1.807, 2.05) is 13.0 Å². The SMILES string of the molecule is CCOC1C=CC(n2cc(C#CCOC3C=CC(n4ccc(=O)[nH]c4=O)[C@@H](CO[Si](C)(C)C(C)(C)C)O3)c(=O)[nH]c2=O)[C@@H](CO[Si](C)(C)C(C)(C)C)O1. The second-order valence-corrected chi connectivity index (χ2v) is 25.9. The van der Waals surface area contributed by atoms with Crippen LogP contribution in [0.1, 0.15) is 66.1 Å². The predicted molar refractivity (Wildman–Crippen MR) is 207 cm³/mol. The molecule has 0 spiro atoms. The third-order valence-corrected chi connectivity index (χ3v) is 19.5. The van der Waals surface area contributed by atoms with Crippen LogP contribution in [0.5, 0.6) is 0 Å². The topological polar surface area (TPSA) is 165 Å². The Hall–Kier alpha value is -3.41. The van der Waals surface area contributed by atoms with Crippen molar-refractivity contribution in [3.05, 3.63) is 90.0 Å². The van der Waals surface area contributed by atoms with Crippen molar-refractivity contribution in [3.8, 4) is 11.8 Å². The predicted octanol–water partition coefficient (Wildman–Crippen LogP) is 4.18. The molecule has 2 aliphatic heterocycles. The van der Waals surface area contributed by atoms with Gasteiger partial charge in [0.05, 0.1) is 25.3 Å². The Kier molecular flexibility index (Phi) is 13.5. The van der Waals surface area contributed by atoms with Gasteiger partial charge in [0.1, 0.15) is 24.4 Å². The van der Waals surface area contributed by atoms with E-state index in [2.05, 4.69) is 89.5 Å². The maximum atomic E-state index is 13.1. The summed E-state index contributed by atoms with van der Waals surface area (Å²) < 4.78 is 39.8. The summed E-state index contributed by atoms with van der Waals surface area (Å²) >= 11 is 0. The molecule has 53 heavy (non-hydrogen) atoms. The number of aromatic nitrogens is 4. The molecule has 0 aromatic carbocycles. The summed E-state index contributed by atoms with van der Waals surface area (Å²) in [6.07, 6.45) is 7.25. The lowest BCUT2D eigenvalue weighted by Gasteiger charge is -2.39. The van der Waals surface area contributed by atoms with Crippen molar-refractivity contribution in [3.63, 3.8) is 0 Å². The summed E-state index contributed by atoms with van der Waals surface area (Å²) in [5.41, 5.74) is -2.24. The largest absolute Gasteiger partial charge is 0.414 e. The van der Waals surface area contributed by atoms with Crippen molar-refractivity contribution in [2.24, 2.45) is 0 Å². The van der Waals surface area contributed by atoms with E-state index in [1.165, 1.54) is 27.6 Å². The molecule has 4 rings (SSSR count). The average Bonchev–Trinajstić information content (AvgIpc) is 3.05. The van der Waals surface area contributed by atoms with Crippen LogP contribution < -0.4 is 22.5 Å². The van der Waals surface area contributed by atoms with Gasteiger partial charge < -0.3 is 27.8 Å². The van der Waals surface area contributed by atoms with Crippen LogP contribution in [0.25, 0.3) is 0 Å². The first-order chi connectivity index (χ1) is 24.6. The zero-order chi connectivity index (χ0) is 39.4. The number of aromatic amines is 2. The standard InChI is InChI=1S/C37H56N4O10Si2/c1-12-46-31-17-16-27(29(50-31)24-49-53(10,11)37(5,6)7)41-22-25(33(43)39-35(41)45)14-13-21-47-32-18-15-26(40-20-19-30(42)38-34(40)44)28(51-32)23-48-52(8,9)36(2,3)4/h15-20,22,26-29,31-32H,12,21,23-24H2,1-11H3,(H,38,42,44)(H,39,43,45)/t26?,27?,28-,29-,31?,32?/m1/s1. The van der Waals surface area contributed by atoms with E-state index in [-0.39, 0.29) is 35.5 Å². The first-order valence-electron chi connectivity index (χ1n) is 18.0. The van der Waals surface area contributed by atoms with Crippen molar-refractivity contribution in [1.82, 2.24) is 19.1 Å². The molecule has 0 amide bonds. The maximum Gasteiger partial charge on any atom is 0.329 e. The van der Waals surface area contributed by atoms with Gasteiger partial charge in [-0.15, -0.1) is 0 Å². The molecule has 0 radical (unpaired) electrons. The maximum absolute atomic E-state index is 13.1. The average molecular weight is 773 g/mol. The van der Waals surface area contributed by atoms with Gasteiger partial charge in [0.2, 0.25) is 0 Å². The molecule has 0 bridgehead atoms. The van der Waals surface area contributed by atoms with E-state index in [9.17, 15) is 19.2 Å². The number of hydrogen-bond donors (Lipinski definition) is 2. The van der Waals surface area contributed by atoms with Gasteiger partial charge in [-0.2, -0.15) is 0 Å². The highest BCUT2D eigenvalue weighted by molar-refractivity contribution is 6.74. The van der Waals surface area contributed by atoms with E-state index in [0.717, 1.165) is 0 Å². The molecule has 2 aromatic heterocycles. The van der Waals surface area contributed by atoms with Crippen molar-refractivity contribution in [2.45, 2.75) is 122 Å². The van der Waals surface area contributed by atoms with Crippen LogP contribution in [0, 0.1) is 11.8 Å². The van der Waals surface area contributed by atoms with Gasteiger partial charge in [0.15, 0.2) is 29.2 Å². The first-order valence-corrected chi connectivity index (χ1v) is 23.8. The van der Waals surface area contributed by atoms with Gasteiger partial charge in [-0.3, -0.25) is 28.7 Å². The lowest BCUT2D eigenvalue weighted by atomic mass is 10.1. The highest BCUT2D eigenvalue weighted by Crippen LogP contribution is 2.38. The van der Waals surface area contributed by atoms with Crippen LogP contribution in [0.3, 0.4) is 0 Å². The van der Waals surface area contributed by atoms with Crippen LogP contribution in [-0.2, 0) is 27.8 Å². The summed E-state index contributed by atoms with van der Waals surface area (Å²) in [5, 5.41) is -0.0897. The highest BCUT2D eigenvalue weighted by Gasteiger charge is 2.41. The van der Waals surface area contributed by atoms with Gasteiger partial charge >= 0.3 is 11.4 Å². The Morgan fingerprint density at radius 2 is 1.26 bits per heavy atom. The van der Waals surface area contributed by atoms with E-state index >= 15 is 0 Å². The lowest BCUT2D eigenvalue weighted by molar-refractivity contribution is -0.163. The van der Waals surface area contributed by atoms with E-state index in [0.29, 0.717) is 6.61 Å². The number of H-pyrrole nitrogens is 2.